The molecule has 3 aliphatic heterocycles. The summed E-state index contributed by atoms with van der Waals surface area (Å²) in [4.78, 5) is 34.3. The van der Waals surface area contributed by atoms with Crippen LogP contribution in [0, 0.1) is 35.5 Å². The van der Waals surface area contributed by atoms with Gasteiger partial charge >= 0.3 is 17.9 Å². The van der Waals surface area contributed by atoms with E-state index in [0.29, 0.717) is 38.3 Å². The molecular weight excluding hydrogens is 1020 g/mol. The fourth-order valence-corrected chi connectivity index (χ4v) is 12.6. The third-order valence-electron chi connectivity index (χ3n) is 16.5. The van der Waals surface area contributed by atoms with Gasteiger partial charge in [-0.1, -0.05) is 251 Å². The zero-order valence-corrected chi connectivity index (χ0v) is 57.2. The van der Waals surface area contributed by atoms with Crippen molar-refractivity contribution in [3.8, 4) is 0 Å². The fourth-order valence-electron chi connectivity index (χ4n) is 12.6. The lowest BCUT2D eigenvalue weighted by Crippen LogP contribution is -2.35. The highest BCUT2D eigenvalue weighted by atomic mass is 16.7. The monoisotopic (exact) mass is 1170 g/mol. The second-order valence-corrected chi connectivity index (χ2v) is 24.8. The van der Waals surface area contributed by atoms with Gasteiger partial charge in [-0.2, -0.15) is 0 Å². The molecule has 0 N–H and O–H groups in total. The highest BCUT2D eigenvalue weighted by Crippen LogP contribution is 2.58. The second-order valence-electron chi connectivity index (χ2n) is 24.8. The van der Waals surface area contributed by atoms with Gasteiger partial charge in [0.15, 0.2) is 12.2 Å². The van der Waals surface area contributed by atoms with Gasteiger partial charge in [0, 0.05) is 21.2 Å². The Morgan fingerprint density at radius 1 is 0.488 bits per heavy atom. The number of carbonyl (C=O) groups is 3. The van der Waals surface area contributed by atoms with Gasteiger partial charge in [-0.15, -0.1) is 0 Å². The zero-order chi connectivity index (χ0) is 61.3. The largest absolute Gasteiger partial charge is 0.460 e. The maximum atomic E-state index is 12.1. The summed E-state index contributed by atoms with van der Waals surface area (Å²) < 4.78 is 33.0. The number of epoxide rings is 1. The van der Waals surface area contributed by atoms with Gasteiger partial charge in [0.1, 0.15) is 17.8 Å². The minimum absolute atomic E-state index is 0. The minimum atomic E-state index is -0.397. The van der Waals surface area contributed by atoms with Gasteiger partial charge in [-0.05, 0) is 127 Å². The van der Waals surface area contributed by atoms with Crippen LogP contribution in [-0.4, -0.2) is 73.3 Å². The molecule has 7 rings (SSSR count). The van der Waals surface area contributed by atoms with Crippen molar-refractivity contribution in [2.24, 2.45) is 35.5 Å². The van der Waals surface area contributed by atoms with Gasteiger partial charge in [-0.25, -0.2) is 0 Å². The van der Waals surface area contributed by atoms with Crippen LogP contribution in [-0.2, 0) is 42.8 Å². The van der Waals surface area contributed by atoms with E-state index in [-0.39, 0.29) is 44.6 Å². The first-order valence-electron chi connectivity index (χ1n) is 35.2. The van der Waals surface area contributed by atoms with E-state index in [0.717, 1.165) is 50.4 Å². The Kier molecular flexibility index (Phi) is 57.1. The Balaban J connectivity index is -0.000000476. The summed E-state index contributed by atoms with van der Waals surface area (Å²) in [6, 6.07) is 0. The molecule has 12 unspecified atom stereocenters. The summed E-state index contributed by atoms with van der Waals surface area (Å²) in [5.41, 5.74) is -0.328. The standard InChI is InChI=1S/C22H38O6.C12H22O.C10H16.C8H16.C6H12O2.2C5H12.2C2H6.CH4.H2/c1-3-5-7-9-11-13-19(23)27-17-15-25-22-18(16-26-21(17)22)28-20(24)14-12-10-8-6-4-2;1-3-5-9-7-11-12(13-11)8-10(9)6-4-2;1-2-9-7-4-5-8(6-7)10(9)3-1;1-3-5-7-8-6-4-2;1-5(7)8-6(2,3)4;2*1-3-5-4-2;2*1-2;;/h17-18,21-22H,3-16H2,1-2H3;9-12H,3-8H2,1-2H3;7-10H,1-6H2;7-8H,3-6H2,1-2H3;1-4H3;2*3-5H2,1-2H3;2*1-2H3;1H4;1H/b;;;8-7-;;;;;;;. The van der Waals surface area contributed by atoms with E-state index in [2.05, 4.69) is 81.4 Å². The summed E-state index contributed by atoms with van der Waals surface area (Å²) in [6.07, 6.45) is 47.3. The average molecular weight is 1170 g/mol. The molecule has 0 aromatic rings. The van der Waals surface area contributed by atoms with Crippen molar-refractivity contribution in [1.29, 1.82) is 0 Å². The van der Waals surface area contributed by atoms with Gasteiger partial charge in [0.05, 0.1) is 25.4 Å². The maximum absolute atomic E-state index is 12.1. The molecule has 4 aliphatic carbocycles. The minimum Gasteiger partial charge on any atom is -0.460 e. The molecule has 2 bridgehead atoms. The highest BCUT2D eigenvalue weighted by Gasteiger charge is 2.52. The summed E-state index contributed by atoms with van der Waals surface area (Å²) in [6.45, 7) is 37.8. The molecule has 9 heteroatoms. The van der Waals surface area contributed by atoms with E-state index in [4.69, 9.17) is 28.4 Å². The number of ether oxygens (including phenoxy) is 6. The van der Waals surface area contributed by atoms with Crippen molar-refractivity contribution >= 4 is 17.9 Å². The number of rotatable bonds is 26. The second kappa shape index (κ2) is 55.6. The lowest BCUT2D eigenvalue weighted by molar-refractivity contribution is -0.155. The summed E-state index contributed by atoms with van der Waals surface area (Å²) in [5.74, 6) is 6.15. The molecule has 4 saturated carbocycles. The van der Waals surface area contributed by atoms with Crippen LogP contribution < -0.4 is 0 Å². The van der Waals surface area contributed by atoms with Crippen LogP contribution in [0.15, 0.2) is 12.2 Å². The average Bonchev–Trinajstić information content (AvgIpc) is 4.22. The molecule has 82 heavy (non-hydrogen) atoms. The Bertz CT molecular complexity index is 1370. The van der Waals surface area contributed by atoms with Gasteiger partial charge in [-0.3, -0.25) is 14.4 Å². The molecule has 7 fully saturated rings. The third-order valence-corrected chi connectivity index (χ3v) is 16.5. The van der Waals surface area contributed by atoms with E-state index in [1.165, 1.54) is 159 Å². The molecule has 0 amide bonds. The first kappa shape index (κ1) is 84.2. The fraction of sp³-hybridized carbons (Fsp3) is 0.932. The molecule has 9 nitrogen and oxygen atoms in total. The van der Waals surface area contributed by atoms with Crippen LogP contribution in [0.5, 0.6) is 0 Å². The number of unbranched alkanes of at least 4 members (excludes halogenated alkanes) is 14. The van der Waals surface area contributed by atoms with E-state index in [1.807, 2.05) is 48.5 Å². The number of allylic oxidation sites excluding steroid dienone is 2. The summed E-state index contributed by atoms with van der Waals surface area (Å²) in [5, 5.41) is 0. The van der Waals surface area contributed by atoms with E-state index in [9.17, 15) is 14.4 Å². The lowest BCUT2D eigenvalue weighted by Gasteiger charge is -2.28. The predicted octanol–water partition coefficient (Wildman–Crippen LogP) is 22.4. The molecule has 3 heterocycles. The van der Waals surface area contributed by atoms with E-state index < -0.39 is 12.2 Å². The number of hydrogen-bond acceptors (Lipinski definition) is 9. The van der Waals surface area contributed by atoms with Crippen molar-refractivity contribution in [3.63, 3.8) is 0 Å². The molecule has 3 saturated heterocycles. The predicted molar refractivity (Wildman–Crippen MR) is 355 cm³/mol. The third kappa shape index (κ3) is 40.4. The van der Waals surface area contributed by atoms with Crippen molar-refractivity contribution in [3.05, 3.63) is 12.2 Å². The molecule has 0 aromatic carbocycles. The number of carbonyl (C=O) groups excluding carboxylic acids is 3. The van der Waals surface area contributed by atoms with Crippen molar-refractivity contribution in [2.45, 2.75) is 393 Å². The van der Waals surface area contributed by atoms with E-state index >= 15 is 0 Å². The van der Waals surface area contributed by atoms with Gasteiger partial charge < -0.3 is 28.4 Å². The summed E-state index contributed by atoms with van der Waals surface area (Å²) in [7, 11) is 0. The number of fused-ring (bicyclic) bond motifs is 7. The number of esters is 3. The van der Waals surface area contributed by atoms with Gasteiger partial charge in [0.2, 0.25) is 0 Å². The SMILES string of the molecule is C.C1CC2C3CCC(C3)C2C1.CC.CC.CC(=O)OC(C)(C)C.CCC/C=C\CCC.CCCC1CC2OC2CC1CCC.CCCCC.CCCCC.CCCCCCCC(=O)OC1COC2C(OC(=O)CCCCCCC)COC12.[HH]. The Morgan fingerprint density at radius 3 is 1.15 bits per heavy atom. The van der Waals surface area contributed by atoms with Crippen LogP contribution in [0.2, 0.25) is 0 Å². The molecule has 7 aliphatic rings. The Labute approximate surface area is 513 Å². The van der Waals surface area contributed by atoms with Crippen molar-refractivity contribution < 1.29 is 44.2 Å². The number of hydrogen-bond donors (Lipinski definition) is 0. The molecule has 12 atom stereocenters. The summed E-state index contributed by atoms with van der Waals surface area (Å²) >= 11 is 0. The smallest absolute Gasteiger partial charge is 0.306 e. The Morgan fingerprint density at radius 2 is 0.854 bits per heavy atom. The Hall–Kier alpha value is -1.97. The zero-order valence-electron chi connectivity index (χ0n) is 57.2. The van der Waals surface area contributed by atoms with Crippen LogP contribution in [0.4, 0.5) is 0 Å². The van der Waals surface area contributed by atoms with Crippen LogP contribution in [0.1, 0.15) is 352 Å². The van der Waals surface area contributed by atoms with Crippen molar-refractivity contribution in [2.75, 3.05) is 13.2 Å². The maximum Gasteiger partial charge on any atom is 0.306 e. The topological polar surface area (TPSA) is 110 Å². The molecule has 0 spiro atoms. The van der Waals surface area contributed by atoms with E-state index in [1.54, 1.807) is 38.5 Å². The molecule has 492 valence electrons. The highest BCUT2D eigenvalue weighted by molar-refractivity contribution is 5.70. The quantitative estimate of drug-likeness (QED) is 0.0275. The normalized spacial score (nSPS) is 26.1. The van der Waals surface area contributed by atoms with Crippen LogP contribution in [0.3, 0.4) is 0 Å². The van der Waals surface area contributed by atoms with Gasteiger partial charge in [0.25, 0.3) is 0 Å². The van der Waals surface area contributed by atoms with Crippen LogP contribution in [0.25, 0.3) is 0 Å². The van der Waals surface area contributed by atoms with Crippen LogP contribution >= 0.6 is 0 Å². The van der Waals surface area contributed by atoms with Crippen molar-refractivity contribution in [1.82, 2.24) is 0 Å². The first-order chi connectivity index (χ1) is 39.1. The molecule has 0 aromatic heterocycles. The molecular formula is C73H146O9. The molecule has 0 radical (unpaired) electrons. The first-order valence-corrected chi connectivity index (χ1v) is 35.2. The lowest BCUT2D eigenvalue weighted by atomic mass is 9.75.